The fraction of sp³-hybridized carbons (Fsp3) is 0.407. The average Bonchev–Trinajstić information content (AvgIpc) is 3.88. The van der Waals surface area contributed by atoms with Crippen molar-refractivity contribution in [2.24, 2.45) is 0 Å². The number of aliphatic hydroxyl groups excluding tert-OH is 1. The lowest BCUT2D eigenvalue weighted by Gasteiger charge is -2.15. The fourth-order valence-corrected chi connectivity index (χ4v) is 5.05. The van der Waals surface area contributed by atoms with E-state index in [4.69, 9.17) is 23.7 Å². The van der Waals surface area contributed by atoms with E-state index in [0.717, 1.165) is 10.8 Å². The van der Waals surface area contributed by atoms with Crippen LogP contribution in [-0.4, -0.2) is 131 Å². The lowest BCUT2D eigenvalue weighted by Crippen LogP contribution is -2.18. The molecule has 0 spiro atoms. The maximum Gasteiger partial charge on any atom is 0.266 e. The topological polar surface area (TPSA) is 300 Å². The third-order valence-corrected chi connectivity index (χ3v) is 8.07. The maximum atomic E-state index is 11.2. The van der Waals surface area contributed by atoms with Crippen molar-refractivity contribution in [3.63, 3.8) is 0 Å². The first-order valence-electron chi connectivity index (χ1n) is 15.2. The summed E-state index contributed by atoms with van der Waals surface area (Å²) in [7, 11) is -8.42. The number of hydrogen-bond donors (Lipinski definition) is 9. The van der Waals surface area contributed by atoms with Gasteiger partial charge in [-0.15, -0.1) is 0 Å². The number of hydrogen-bond acceptors (Lipinski definition) is 19. The molecule has 3 heterocycles. The van der Waals surface area contributed by atoms with Crippen LogP contribution in [-0.2, 0) is 29.7 Å². The van der Waals surface area contributed by atoms with Crippen molar-refractivity contribution < 1.29 is 40.5 Å². The van der Waals surface area contributed by atoms with Gasteiger partial charge in [-0.3, -0.25) is 9.11 Å². The van der Waals surface area contributed by atoms with Crippen molar-refractivity contribution in [2.75, 3.05) is 96.0 Å². The Kier molecular flexibility index (Phi) is 12.2. The Morgan fingerprint density at radius 2 is 1.10 bits per heavy atom. The van der Waals surface area contributed by atoms with E-state index in [1.165, 1.54) is 0 Å². The van der Waals surface area contributed by atoms with E-state index in [-0.39, 0.29) is 74.7 Å². The van der Waals surface area contributed by atoms with Crippen LogP contribution >= 0.6 is 0 Å². The monoisotopic (exact) mass is 736 g/mol. The van der Waals surface area contributed by atoms with Gasteiger partial charge in [0.1, 0.15) is 0 Å². The van der Waals surface area contributed by atoms with Gasteiger partial charge >= 0.3 is 0 Å². The molecule has 2 aromatic heterocycles. The standard InChI is InChI=1S/C27H36N12O9S2/c40-10-12-47-11-7-28-22-34-23(29-8-13-49(41,42)43)37-26(36-22)32-20-5-1-4-19-18(20)3-2-6-21(19)33-27-38-24(30-9-14-50(44,45)46)35-25(39-27)31-15-17-16-48-17/h1-6,17,40H,7-16H2,(H,41,42,43)(H,44,45,46)(H3,28,29,32,34,36,37)(H3,30,31,33,35,38,39). The summed E-state index contributed by atoms with van der Waals surface area (Å²) < 4.78 is 73.5. The van der Waals surface area contributed by atoms with Gasteiger partial charge in [-0.05, 0) is 12.1 Å². The maximum absolute atomic E-state index is 11.2. The number of benzene rings is 2. The first-order chi connectivity index (χ1) is 23.9. The lowest BCUT2D eigenvalue weighted by atomic mass is 10.1. The largest absolute Gasteiger partial charge is 0.394 e. The molecule has 50 heavy (non-hydrogen) atoms. The van der Waals surface area contributed by atoms with Crippen molar-refractivity contribution >= 4 is 78.1 Å². The number of epoxide rings is 1. The summed E-state index contributed by atoms with van der Waals surface area (Å²) in [5.74, 6) is -0.346. The number of ether oxygens (including phenoxy) is 2. The molecule has 270 valence electrons. The van der Waals surface area contributed by atoms with Crippen molar-refractivity contribution in [3.05, 3.63) is 36.4 Å². The number of aliphatic hydroxyl groups is 1. The SMILES string of the molecule is O=S(=O)(O)CCNc1nc(NCCOCCO)nc(Nc2cccc3c(Nc4nc(NCCS(=O)(=O)O)nc(NCC5CO5)n4)cccc23)n1. The number of rotatable bonds is 21. The molecule has 1 unspecified atom stereocenters. The quantitative estimate of drug-likeness (QED) is 0.0320. The highest BCUT2D eigenvalue weighted by atomic mass is 32.2. The Morgan fingerprint density at radius 3 is 1.54 bits per heavy atom. The van der Waals surface area contributed by atoms with E-state index in [1.54, 1.807) is 18.2 Å². The van der Waals surface area contributed by atoms with Gasteiger partial charge in [-0.2, -0.15) is 46.7 Å². The molecule has 0 radical (unpaired) electrons. The van der Waals surface area contributed by atoms with Crippen LogP contribution in [0.2, 0.25) is 0 Å². The van der Waals surface area contributed by atoms with Gasteiger partial charge in [0.2, 0.25) is 35.7 Å². The Morgan fingerprint density at radius 1 is 0.660 bits per heavy atom. The molecule has 23 heteroatoms. The zero-order valence-corrected chi connectivity index (χ0v) is 28.0. The molecule has 0 saturated carbocycles. The predicted octanol–water partition coefficient (Wildman–Crippen LogP) is 0.528. The minimum absolute atomic E-state index is 0.0359. The Balaban J connectivity index is 1.38. The second kappa shape index (κ2) is 16.8. The predicted molar refractivity (Wildman–Crippen MR) is 185 cm³/mol. The van der Waals surface area contributed by atoms with Crippen LogP contribution in [0.4, 0.5) is 47.1 Å². The number of anilines is 8. The summed E-state index contributed by atoms with van der Waals surface area (Å²) in [6, 6.07) is 11.0. The Bertz CT molecular complexity index is 1990. The first kappa shape index (κ1) is 36.5. The molecule has 2 aromatic carbocycles. The summed E-state index contributed by atoms with van der Waals surface area (Å²) in [6.07, 6.45) is 0.0359. The number of fused-ring (bicyclic) bond motifs is 1. The summed E-state index contributed by atoms with van der Waals surface area (Å²) in [5, 5.41) is 28.4. The van der Waals surface area contributed by atoms with E-state index in [9.17, 15) is 16.8 Å². The smallest absolute Gasteiger partial charge is 0.266 e. The van der Waals surface area contributed by atoms with Gasteiger partial charge in [-0.25, -0.2) is 0 Å². The van der Waals surface area contributed by atoms with Crippen LogP contribution in [0.3, 0.4) is 0 Å². The molecular formula is C27H36N12O9S2. The van der Waals surface area contributed by atoms with Crippen LogP contribution in [0.1, 0.15) is 0 Å². The molecule has 1 saturated heterocycles. The van der Waals surface area contributed by atoms with E-state index < -0.39 is 31.7 Å². The molecule has 1 atom stereocenters. The lowest BCUT2D eigenvalue weighted by molar-refractivity contribution is 0.0991. The molecular weight excluding hydrogens is 701 g/mol. The van der Waals surface area contributed by atoms with Crippen molar-refractivity contribution in [1.82, 2.24) is 29.9 Å². The Hall–Kier alpha value is -4.78. The van der Waals surface area contributed by atoms with Gasteiger partial charge in [0.15, 0.2) is 0 Å². The van der Waals surface area contributed by atoms with Crippen molar-refractivity contribution in [1.29, 1.82) is 0 Å². The summed E-state index contributed by atoms with van der Waals surface area (Å²) in [4.78, 5) is 26.1. The van der Waals surface area contributed by atoms with E-state index in [0.29, 0.717) is 31.1 Å². The average molecular weight is 737 g/mol. The zero-order chi connectivity index (χ0) is 35.6. The van der Waals surface area contributed by atoms with Gasteiger partial charge < -0.3 is 46.5 Å². The molecule has 1 aliphatic rings. The molecule has 1 fully saturated rings. The number of aromatic nitrogens is 6. The third-order valence-electron chi connectivity index (χ3n) is 6.63. The van der Waals surface area contributed by atoms with Gasteiger partial charge in [0.05, 0.1) is 44.0 Å². The summed E-state index contributed by atoms with van der Waals surface area (Å²) >= 11 is 0. The Labute approximate surface area is 286 Å². The van der Waals surface area contributed by atoms with Crippen LogP contribution in [0.25, 0.3) is 10.8 Å². The highest BCUT2D eigenvalue weighted by molar-refractivity contribution is 7.86. The highest BCUT2D eigenvalue weighted by Gasteiger charge is 2.22. The number of nitrogens with zero attached hydrogens (tertiary/aromatic N) is 6. The van der Waals surface area contributed by atoms with Crippen molar-refractivity contribution in [2.45, 2.75) is 6.10 Å². The van der Waals surface area contributed by atoms with Crippen LogP contribution in [0.15, 0.2) is 36.4 Å². The molecule has 5 rings (SSSR count). The molecule has 4 aromatic rings. The second-order valence-corrected chi connectivity index (χ2v) is 13.7. The van der Waals surface area contributed by atoms with E-state index >= 15 is 0 Å². The normalized spacial score (nSPS) is 14.3. The van der Waals surface area contributed by atoms with E-state index in [1.807, 2.05) is 18.2 Å². The molecule has 21 nitrogen and oxygen atoms in total. The van der Waals surface area contributed by atoms with Crippen molar-refractivity contribution in [3.8, 4) is 0 Å². The molecule has 0 amide bonds. The van der Waals surface area contributed by atoms with Gasteiger partial charge in [-0.1, -0.05) is 24.3 Å². The van der Waals surface area contributed by atoms with Crippen LogP contribution in [0.5, 0.6) is 0 Å². The summed E-state index contributed by atoms with van der Waals surface area (Å²) in [5.41, 5.74) is 1.22. The first-order valence-corrected chi connectivity index (χ1v) is 18.4. The van der Waals surface area contributed by atoms with Crippen LogP contribution < -0.4 is 31.9 Å². The minimum atomic E-state index is -4.22. The molecule has 0 aliphatic carbocycles. The second-order valence-electron chi connectivity index (χ2n) is 10.6. The van der Waals surface area contributed by atoms with Gasteiger partial charge in [0.25, 0.3) is 20.2 Å². The summed E-state index contributed by atoms with van der Waals surface area (Å²) in [6.45, 7) is 1.39. The molecule has 1 aliphatic heterocycles. The minimum Gasteiger partial charge on any atom is -0.394 e. The van der Waals surface area contributed by atoms with Gasteiger partial charge in [0, 0.05) is 48.3 Å². The fourth-order valence-electron chi connectivity index (χ4n) is 4.33. The van der Waals surface area contributed by atoms with Crippen LogP contribution in [0, 0.1) is 0 Å². The third kappa shape index (κ3) is 12.0. The number of nitrogens with one attached hydrogen (secondary N) is 6. The molecule has 9 N–H and O–H groups in total. The van der Waals surface area contributed by atoms with E-state index in [2.05, 4.69) is 61.8 Å². The highest BCUT2D eigenvalue weighted by Crippen LogP contribution is 2.32. The molecule has 0 bridgehead atoms. The zero-order valence-electron chi connectivity index (χ0n) is 26.4.